The van der Waals surface area contributed by atoms with Gasteiger partial charge in [-0.05, 0) is 35.4 Å². The lowest BCUT2D eigenvalue weighted by atomic mass is 10.1. The van der Waals surface area contributed by atoms with Crippen LogP contribution in [0.5, 0.6) is 11.5 Å². The fourth-order valence-corrected chi connectivity index (χ4v) is 3.08. The van der Waals surface area contributed by atoms with Crippen LogP contribution in [0.4, 0.5) is 0 Å². The molecule has 1 atom stereocenters. The van der Waals surface area contributed by atoms with Gasteiger partial charge in [0.15, 0.2) is 0 Å². The quantitative estimate of drug-likeness (QED) is 0.577. The van der Waals surface area contributed by atoms with Crippen LogP contribution in [0.15, 0.2) is 84.9 Å². The number of methoxy groups -OCH3 is 1. The van der Waals surface area contributed by atoms with E-state index in [9.17, 15) is 5.11 Å². The van der Waals surface area contributed by atoms with Crippen LogP contribution in [0.1, 0.15) is 11.1 Å². The Morgan fingerprint density at radius 2 is 1.25 bits per heavy atom. The minimum absolute atomic E-state index is 0.242. The Morgan fingerprint density at radius 3 is 1.75 bits per heavy atom. The van der Waals surface area contributed by atoms with Gasteiger partial charge in [0.2, 0.25) is 0 Å². The molecule has 1 N–H and O–H groups in total. The third-order valence-corrected chi connectivity index (χ3v) is 4.47. The zero-order valence-electron chi connectivity index (χ0n) is 16.2. The first-order valence-electron chi connectivity index (χ1n) is 9.48. The Morgan fingerprint density at radius 1 is 0.750 bits per heavy atom. The smallest absolute Gasteiger partial charge is 0.119 e. The van der Waals surface area contributed by atoms with Crippen LogP contribution in [0.25, 0.3) is 0 Å². The summed E-state index contributed by atoms with van der Waals surface area (Å²) in [5, 5.41) is 10.5. The first-order chi connectivity index (χ1) is 13.7. The number of ether oxygens (including phenoxy) is 2. The van der Waals surface area contributed by atoms with E-state index in [0.717, 1.165) is 24.6 Å². The summed E-state index contributed by atoms with van der Waals surface area (Å²) >= 11 is 0. The van der Waals surface area contributed by atoms with E-state index in [1.54, 1.807) is 7.11 Å². The van der Waals surface area contributed by atoms with Crippen molar-refractivity contribution in [3.63, 3.8) is 0 Å². The predicted octanol–water partition coefficient (Wildman–Crippen LogP) is 4.14. The van der Waals surface area contributed by atoms with Gasteiger partial charge in [0.1, 0.15) is 24.2 Å². The van der Waals surface area contributed by atoms with Crippen LogP contribution < -0.4 is 9.47 Å². The number of benzene rings is 3. The summed E-state index contributed by atoms with van der Waals surface area (Å²) in [7, 11) is 1.63. The molecule has 0 saturated heterocycles. The lowest BCUT2D eigenvalue weighted by Gasteiger charge is -2.25. The van der Waals surface area contributed by atoms with Gasteiger partial charge in [-0.2, -0.15) is 0 Å². The zero-order valence-corrected chi connectivity index (χ0v) is 16.2. The van der Waals surface area contributed by atoms with E-state index in [4.69, 9.17) is 9.47 Å². The molecule has 4 nitrogen and oxygen atoms in total. The molecule has 0 bridgehead atoms. The van der Waals surface area contributed by atoms with E-state index in [2.05, 4.69) is 29.2 Å². The zero-order chi connectivity index (χ0) is 19.6. The van der Waals surface area contributed by atoms with Gasteiger partial charge in [-0.3, -0.25) is 4.90 Å². The maximum Gasteiger partial charge on any atom is 0.119 e. The largest absolute Gasteiger partial charge is 0.497 e. The number of aliphatic hydroxyl groups excluding tert-OH is 1. The van der Waals surface area contributed by atoms with Crippen molar-refractivity contribution in [1.82, 2.24) is 4.90 Å². The predicted molar refractivity (Wildman–Crippen MR) is 111 cm³/mol. The van der Waals surface area contributed by atoms with E-state index in [1.807, 2.05) is 60.7 Å². The summed E-state index contributed by atoms with van der Waals surface area (Å²) in [5.74, 6) is 1.50. The van der Waals surface area contributed by atoms with Gasteiger partial charge in [0.05, 0.1) is 7.11 Å². The van der Waals surface area contributed by atoms with Gasteiger partial charge in [0, 0.05) is 19.6 Å². The highest BCUT2D eigenvalue weighted by molar-refractivity contribution is 5.31. The molecule has 0 heterocycles. The summed E-state index contributed by atoms with van der Waals surface area (Å²) in [4.78, 5) is 2.24. The number of nitrogens with zero attached hydrogens (tertiary/aromatic N) is 1. The Kier molecular flexibility index (Phi) is 7.47. The molecule has 0 unspecified atom stereocenters. The van der Waals surface area contributed by atoms with E-state index in [0.29, 0.717) is 6.54 Å². The first kappa shape index (κ1) is 19.9. The van der Waals surface area contributed by atoms with Crippen molar-refractivity contribution >= 4 is 0 Å². The van der Waals surface area contributed by atoms with Crippen LogP contribution in [-0.2, 0) is 13.1 Å². The molecule has 0 aliphatic heterocycles. The van der Waals surface area contributed by atoms with Crippen LogP contribution in [0.2, 0.25) is 0 Å². The maximum absolute atomic E-state index is 10.5. The molecule has 0 spiro atoms. The van der Waals surface area contributed by atoms with Crippen molar-refractivity contribution in [2.75, 3.05) is 20.3 Å². The minimum atomic E-state index is -0.588. The molecular formula is C24H27NO3. The summed E-state index contributed by atoms with van der Waals surface area (Å²) in [6, 6.07) is 28.0. The normalized spacial score (nSPS) is 12.0. The second-order valence-corrected chi connectivity index (χ2v) is 6.78. The first-order valence-corrected chi connectivity index (χ1v) is 9.48. The summed E-state index contributed by atoms with van der Waals surface area (Å²) in [5.41, 5.74) is 2.45. The van der Waals surface area contributed by atoms with E-state index in [1.165, 1.54) is 11.1 Å². The molecule has 3 rings (SSSR count). The summed E-state index contributed by atoms with van der Waals surface area (Å²) in [6.07, 6.45) is -0.588. The molecule has 28 heavy (non-hydrogen) atoms. The van der Waals surface area contributed by atoms with Crippen molar-refractivity contribution in [2.45, 2.75) is 19.2 Å². The number of rotatable bonds is 10. The van der Waals surface area contributed by atoms with Gasteiger partial charge < -0.3 is 14.6 Å². The van der Waals surface area contributed by atoms with Gasteiger partial charge >= 0.3 is 0 Å². The fourth-order valence-electron chi connectivity index (χ4n) is 3.08. The lowest BCUT2D eigenvalue weighted by molar-refractivity contribution is 0.0628. The van der Waals surface area contributed by atoms with Crippen molar-refractivity contribution in [3.05, 3.63) is 96.1 Å². The monoisotopic (exact) mass is 377 g/mol. The average Bonchev–Trinajstić information content (AvgIpc) is 2.74. The molecule has 4 heteroatoms. The highest BCUT2D eigenvalue weighted by Crippen LogP contribution is 2.17. The third-order valence-electron chi connectivity index (χ3n) is 4.47. The Balaban J connectivity index is 1.58. The molecular weight excluding hydrogens is 350 g/mol. The van der Waals surface area contributed by atoms with Crippen molar-refractivity contribution < 1.29 is 14.6 Å². The van der Waals surface area contributed by atoms with Gasteiger partial charge in [-0.15, -0.1) is 0 Å². The molecule has 146 valence electrons. The molecule has 3 aromatic rings. The SMILES string of the molecule is COc1ccc(OC[C@@H](O)CN(Cc2ccccc2)Cc2ccccc2)cc1. The third kappa shape index (κ3) is 6.41. The highest BCUT2D eigenvalue weighted by atomic mass is 16.5. The standard InChI is InChI=1S/C24H27NO3/c1-27-23-12-14-24(15-13-23)28-19-22(26)18-25(16-20-8-4-2-5-9-20)17-21-10-6-3-7-11-21/h2-15,22,26H,16-19H2,1H3/t22-/m0/s1. The molecule has 3 aromatic carbocycles. The van der Waals surface area contributed by atoms with Crippen LogP contribution in [0.3, 0.4) is 0 Å². The van der Waals surface area contributed by atoms with Crippen LogP contribution >= 0.6 is 0 Å². The van der Waals surface area contributed by atoms with Crippen molar-refractivity contribution in [2.24, 2.45) is 0 Å². The van der Waals surface area contributed by atoms with Crippen LogP contribution in [-0.4, -0.2) is 36.4 Å². The van der Waals surface area contributed by atoms with Crippen LogP contribution in [0, 0.1) is 0 Å². The molecule has 0 radical (unpaired) electrons. The average molecular weight is 377 g/mol. The molecule has 0 fully saturated rings. The maximum atomic E-state index is 10.5. The lowest BCUT2D eigenvalue weighted by Crippen LogP contribution is -2.35. The molecule has 0 aliphatic carbocycles. The van der Waals surface area contributed by atoms with E-state index in [-0.39, 0.29) is 6.61 Å². The number of aliphatic hydroxyl groups is 1. The molecule has 0 saturated carbocycles. The van der Waals surface area contributed by atoms with Gasteiger partial charge in [-0.25, -0.2) is 0 Å². The molecule has 0 amide bonds. The van der Waals surface area contributed by atoms with Gasteiger partial charge in [0.25, 0.3) is 0 Å². The Labute approximate surface area is 167 Å². The second-order valence-electron chi connectivity index (χ2n) is 6.78. The fraction of sp³-hybridized carbons (Fsp3) is 0.250. The Hall–Kier alpha value is -2.82. The topological polar surface area (TPSA) is 41.9 Å². The summed E-state index contributed by atoms with van der Waals surface area (Å²) < 4.78 is 10.9. The highest BCUT2D eigenvalue weighted by Gasteiger charge is 2.14. The Bertz CT molecular complexity index is 765. The van der Waals surface area contributed by atoms with E-state index < -0.39 is 6.10 Å². The number of hydrogen-bond acceptors (Lipinski definition) is 4. The molecule has 0 aromatic heterocycles. The van der Waals surface area contributed by atoms with Crippen molar-refractivity contribution in [1.29, 1.82) is 0 Å². The molecule has 0 aliphatic rings. The minimum Gasteiger partial charge on any atom is -0.497 e. The van der Waals surface area contributed by atoms with Gasteiger partial charge in [-0.1, -0.05) is 60.7 Å². The second kappa shape index (κ2) is 10.5. The van der Waals surface area contributed by atoms with E-state index >= 15 is 0 Å². The summed E-state index contributed by atoms with van der Waals surface area (Å²) in [6.45, 7) is 2.32. The van der Waals surface area contributed by atoms with Crippen molar-refractivity contribution in [3.8, 4) is 11.5 Å². The number of hydrogen-bond donors (Lipinski definition) is 1.